The number of aromatic nitrogens is 1. The normalized spacial score (nSPS) is 12.5. The van der Waals surface area contributed by atoms with Gasteiger partial charge in [-0.3, -0.25) is 4.79 Å². The number of likely N-dealkylation sites (N-methyl/N-ethyl adjacent to an activating group) is 1. The zero-order valence-electron chi connectivity index (χ0n) is 26.2. The van der Waals surface area contributed by atoms with Crippen LogP contribution in [0.5, 0.6) is 5.88 Å². The topological polar surface area (TPSA) is 68.5 Å². The number of amides is 1. The van der Waals surface area contributed by atoms with Crippen molar-refractivity contribution in [3.05, 3.63) is 95.2 Å². The van der Waals surface area contributed by atoms with Crippen molar-refractivity contribution < 1.29 is 14.0 Å². The minimum atomic E-state index is -0.397. The number of primary amides is 1. The molecule has 0 aliphatic rings. The molecule has 0 saturated heterocycles. The van der Waals surface area contributed by atoms with E-state index in [0.717, 1.165) is 70.4 Å². The standard InChI is InChI=1S/C36H46N4O2/c1-7-9-18-28-24-27-17-13-14-19-29(27)36(38-28)42-23-22-40(5,6)33(8-2)31-21-20-30(35(37)41)32(25-39(3)4)34(31)26-15-11-10-12-16-26/h10-17,19-21,24,33H,7-9,18,22-23,25H2,1-6H3,(H-,37,41)/p+1/t33-/m0/s1. The summed E-state index contributed by atoms with van der Waals surface area (Å²) in [6, 6.07) is 25.1. The number of quaternary nitrogens is 1. The average Bonchev–Trinajstić information content (AvgIpc) is 2.96. The molecule has 4 rings (SSSR count). The van der Waals surface area contributed by atoms with Gasteiger partial charge in [-0.05, 0) is 67.2 Å². The number of pyridine rings is 1. The van der Waals surface area contributed by atoms with Gasteiger partial charge in [-0.1, -0.05) is 74.9 Å². The van der Waals surface area contributed by atoms with Crippen LogP contribution in [0.3, 0.4) is 0 Å². The van der Waals surface area contributed by atoms with E-state index in [4.69, 9.17) is 15.5 Å². The molecule has 0 unspecified atom stereocenters. The monoisotopic (exact) mass is 567 g/mol. The van der Waals surface area contributed by atoms with Crippen LogP contribution in [0.4, 0.5) is 0 Å². The van der Waals surface area contributed by atoms with Crippen LogP contribution in [0.25, 0.3) is 21.9 Å². The summed E-state index contributed by atoms with van der Waals surface area (Å²) in [5, 5.41) is 2.22. The number of nitrogens with zero attached hydrogens (tertiary/aromatic N) is 3. The number of fused-ring (bicyclic) bond motifs is 1. The summed E-state index contributed by atoms with van der Waals surface area (Å²) in [7, 11) is 8.58. The summed E-state index contributed by atoms with van der Waals surface area (Å²) in [6.45, 7) is 6.40. The van der Waals surface area contributed by atoms with Gasteiger partial charge in [-0.25, -0.2) is 4.98 Å². The molecule has 0 bridgehead atoms. The molecule has 1 atom stereocenters. The van der Waals surface area contributed by atoms with Gasteiger partial charge >= 0.3 is 0 Å². The van der Waals surface area contributed by atoms with Gasteiger partial charge in [-0.15, -0.1) is 0 Å². The number of carbonyl (C=O) groups is 1. The van der Waals surface area contributed by atoms with Crippen molar-refractivity contribution in [1.82, 2.24) is 9.88 Å². The first-order valence-electron chi connectivity index (χ1n) is 15.2. The third kappa shape index (κ3) is 7.18. The maximum atomic E-state index is 12.6. The highest BCUT2D eigenvalue weighted by molar-refractivity contribution is 5.97. The molecule has 0 radical (unpaired) electrons. The molecule has 1 aromatic heterocycles. The van der Waals surface area contributed by atoms with Crippen LogP contribution in [0, 0.1) is 0 Å². The molecule has 0 fully saturated rings. The van der Waals surface area contributed by atoms with Crippen molar-refractivity contribution in [3.63, 3.8) is 0 Å². The highest BCUT2D eigenvalue weighted by atomic mass is 16.5. The van der Waals surface area contributed by atoms with Gasteiger partial charge in [0.25, 0.3) is 0 Å². The second kappa shape index (κ2) is 14.0. The van der Waals surface area contributed by atoms with Crippen LogP contribution >= 0.6 is 0 Å². The van der Waals surface area contributed by atoms with E-state index in [0.29, 0.717) is 18.7 Å². The highest BCUT2D eigenvalue weighted by Crippen LogP contribution is 2.39. The average molecular weight is 568 g/mol. The fourth-order valence-corrected chi connectivity index (χ4v) is 6.04. The second-order valence-corrected chi connectivity index (χ2v) is 12.0. The van der Waals surface area contributed by atoms with E-state index in [-0.39, 0.29) is 6.04 Å². The molecule has 1 amide bonds. The number of aryl methyl sites for hydroxylation is 1. The van der Waals surface area contributed by atoms with Gasteiger partial charge in [-0.2, -0.15) is 0 Å². The minimum Gasteiger partial charge on any atom is -0.471 e. The SMILES string of the molecule is CCCCc1cc2ccccc2c(OCC[N+](C)(C)[C@@H](CC)c2ccc(C(N)=O)c(CN(C)C)c2-c2ccccc2)n1. The van der Waals surface area contributed by atoms with Crippen molar-refractivity contribution >= 4 is 16.7 Å². The Kier molecular flexibility index (Phi) is 10.4. The molecule has 6 nitrogen and oxygen atoms in total. The Morgan fingerprint density at radius 2 is 1.71 bits per heavy atom. The maximum Gasteiger partial charge on any atom is 0.249 e. The quantitative estimate of drug-likeness (QED) is 0.166. The fraction of sp³-hybridized carbons (Fsp3) is 0.389. The predicted molar refractivity (Wildman–Crippen MR) is 174 cm³/mol. The third-order valence-corrected chi connectivity index (χ3v) is 8.19. The molecule has 1 heterocycles. The van der Waals surface area contributed by atoms with Crippen LogP contribution in [0.2, 0.25) is 0 Å². The van der Waals surface area contributed by atoms with Crippen LogP contribution in [-0.4, -0.2) is 61.6 Å². The number of carbonyl (C=O) groups excluding carboxylic acids is 1. The number of hydrogen-bond donors (Lipinski definition) is 1. The molecule has 3 aromatic carbocycles. The van der Waals surface area contributed by atoms with Crippen LogP contribution in [0.1, 0.15) is 66.3 Å². The summed E-state index contributed by atoms with van der Waals surface area (Å²) in [6.07, 6.45) is 4.13. The fourth-order valence-electron chi connectivity index (χ4n) is 6.04. The lowest BCUT2D eigenvalue weighted by Gasteiger charge is -2.39. The first-order chi connectivity index (χ1) is 20.2. The van der Waals surface area contributed by atoms with E-state index in [1.54, 1.807) is 0 Å². The summed E-state index contributed by atoms with van der Waals surface area (Å²) in [5.74, 6) is 0.322. The zero-order chi connectivity index (χ0) is 30.3. The van der Waals surface area contributed by atoms with Gasteiger partial charge in [0.2, 0.25) is 11.8 Å². The number of nitrogens with two attached hydrogens (primary N) is 1. The molecule has 4 aromatic rings. The van der Waals surface area contributed by atoms with Gasteiger partial charge in [0.05, 0.1) is 14.1 Å². The highest BCUT2D eigenvalue weighted by Gasteiger charge is 2.33. The molecular formula is C36H47N4O2+. The van der Waals surface area contributed by atoms with Crippen molar-refractivity contribution in [2.45, 2.75) is 52.1 Å². The Morgan fingerprint density at radius 1 is 1.00 bits per heavy atom. The Balaban J connectivity index is 1.68. The Morgan fingerprint density at radius 3 is 2.38 bits per heavy atom. The Labute approximate surface area is 251 Å². The second-order valence-electron chi connectivity index (χ2n) is 12.0. The van der Waals surface area contributed by atoms with Gasteiger partial charge in [0.15, 0.2) is 0 Å². The molecule has 6 heteroatoms. The smallest absolute Gasteiger partial charge is 0.249 e. The van der Waals surface area contributed by atoms with Crippen LogP contribution in [-0.2, 0) is 13.0 Å². The Hall–Kier alpha value is -3.74. The minimum absolute atomic E-state index is 0.173. The van der Waals surface area contributed by atoms with Crippen LogP contribution < -0.4 is 10.5 Å². The third-order valence-electron chi connectivity index (χ3n) is 8.19. The molecule has 0 aliphatic heterocycles. The van der Waals surface area contributed by atoms with E-state index < -0.39 is 5.91 Å². The lowest BCUT2D eigenvalue weighted by molar-refractivity contribution is -0.921. The zero-order valence-corrected chi connectivity index (χ0v) is 26.2. The number of ether oxygens (including phenoxy) is 1. The first-order valence-corrected chi connectivity index (χ1v) is 15.2. The first kappa shape index (κ1) is 31.2. The van der Waals surface area contributed by atoms with E-state index in [1.807, 2.05) is 32.3 Å². The molecule has 0 aliphatic carbocycles. The summed E-state index contributed by atoms with van der Waals surface area (Å²) < 4.78 is 7.18. The van der Waals surface area contributed by atoms with E-state index in [9.17, 15) is 4.79 Å². The summed E-state index contributed by atoms with van der Waals surface area (Å²) in [5.41, 5.74) is 12.0. The molecule has 0 saturated carbocycles. The molecule has 2 N–H and O–H groups in total. The molecule has 222 valence electrons. The summed E-state index contributed by atoms with van der Waals surface area (Å²) in [4.78, 5) is 19.6. The van der Waals surface area contributed by atoms with Crippen LogP contribution in [0.15, 0.2) is 72.8 Å². The van der Waals surface area contributed by atoms with E-state index >= 15 is 0 Å². The lowest BCUT2D eigenvalue weighted by Crippen LogP contribution is -2.46. The number of benzene rings is 3. The van der Waals surface area contributed by atoms with Crippen molar-refractivity contribution in [2.24, 2.45) is 5.73 Å². The predicted octanol–water partition coefficient (Wildman–Crippen LogP) is 7.01. The molecule has 42 heavy (non-hydrogen) atoms. The van der Waals surface area contributed by atoms with E-state index in [1.165, 1.54) is 10.9 Å². The summed E-state index contributed by atoms with van der Waals surface area (Å²) >= 11 is 0. The van der Waals surface area contributed by atoms with E-state index in [2.05, 4.69) is 87.4 Å². The number of rotatable bonds is 14. The van der Waals surface area contributed by atoms with Gasteiger partial charge in [0.1, 0.15) is 19.2 Å². The number of hydrogen-bond acceptors (Lipinski definition) is 4. The molecular weight excluding hydrogens is 520 g/mol. The number of unbranched alkanes of at least 4 members (excludes halogenated alkanes) is 1. The van der Waals surface area contributed by atoms with Crippen molar-refractivity contribution in [2.75, 3.05) is 41.3 Å². The van der Waals surface area contributed by atoms with Gasteiger partial charge in [0, 0.05) is 35.2 Å². The Bertz CT molecular complexity index is 1500. The lowest BCUT2D eigenvalue weighted by atomic mass is 9.85. The van der Waals surface area contributed by atoms with Crippen molar-refractivity contribution in [3.8, 4) is 17.0 Å². The molecule has 0 spiro atoms. The maximum absolute atomic E-state index is 12.6. The largest absolute Gasteiger partial charge is 0.471 e. The van der Waals surface area contributed by atoms with Crippen molar-refractivity contribution in [1.29, 1.82) is 0 Å². The van der Waals surface area contributed by atoms with Gasteiger partial charge < -0.3 is 19.9 Å².